The van der Waals surface area contributed by atoms with Crippen LogP contribution in [0, 0.1) is 0 Å². The van der Waals surface area contributed by atoms with E-state index in [0.717, 1.165) is 5.56 Å². The summed E-state index contributed by atoms with van der Waals surface area (Å²) in [7, 11) is -1.54. The largest absolute Gasteiger partial charge is 0.519 e. The maximum atomic E-state index is 12.0. The highest BCUT2D eigenvalue weighted by molar-refractivity contribution is 7.46. The molecule has 0 saturated carbocycles. The Hall–Kier alpha value is -4.09. The van der Waals surface area contributed by atoms with Crippen LogP contribution in [-0.2, 0) is 33.5 Å². The minimum atomic E-state index is -1.54. The second kappa shape index (κ2) is 12.0. The topological polar surface area (TPSA) is 161 Å². The molecular weight excluding hydrogens is 513 g/mol. The number of rotatable bonds is 12. The second-order valence-electron chi connectivity index (χ2n) is 8.04. The number of H-pyrrole nitrogens is 1. The SMILES string of the molecule is Nc1nc2c(ncn2CCOCP(OCc2ccccc2)OCc2oc(=O)oc2-c2ccccc2)c(=O)[nH]1. The summed E-state index contributed by atoms with van der Waals surface area (Å²) < 4.78 is 30.0. The molecule has 1 unspecified atom stereocenters. The summed E-state index contributed by atoms with van der Waals surface area (Å²) in [5.41, 5.74) is 7.50. The molecule has 0 fully saturated rings. The molecule has 0 radical (unpaired) electrons. The average Bonchev–Trinajstić information content (AvgIpc) is 3.51. The number of anilines is 1. The summed E-state index contributed by atoms with van der Waals surface area (Å²) in [6, 6.07) is 18.8. The third-order valence-corrected chi connectivity index (χ3v) is 6.63. The van der Waals surface area contributed by atoms with E-state index in [9.17, 15) is 9.59 Å². The third kappa shape index (κ3) is 6.24. The van der Waals surface area contributed by atoms with Crippen molar-refractivity contribution in [3.63, 3.8) is 0 Å². The number of fused-ring (bicyclic) bond motifs is 1. The number of hydrogen-bond acceptors (Lipinski definition) is 10. The van der Waals surface area contributed by atoms with Gasteiger partial charge in [-0.05, 0) is 5.56 Å². The van der Waals surface area contributed by atoms with Crippen LogP contribution in [0.5, 0.6) is 0 Å². The Morgan fingerprint density at radius 1 is 0.974 bits per heavy atom. The number of imidazole rings is 1. The van der Waals surface area contributed by atoms with Crippen molar-refractivity contribution < 1.29 is 22.6 Å². The zero-order chi connectivity index (χ0) is 26.3. The van der Waals surface area contributed by atoms with Crippen LogP contribution in [-0.4, -0.2) is 32.5 Å². The molecule has 3 heterocycles. The molecule has 2 aromatic carbocycles. The maximum absolute atomic E-state index is 12.0. The van der Waals surface area contributed by atoms with Crippen LogP contribution in [0.4, 0.5) is 5.95 Å². The van der Waals surface area contributed by atoms with Crippen molar-refractivity contribution in [3.05, 3.63) is 99.3 Å². The van der Waals surface area contributed by atoms with E-state index in [0.29, 0.717) is 30.1 Å². The van der Waals surface area contributed by atoms with Gasteiger partial charge in [0.2, 0.25) is 5.95 Å². The number of nitrogens with one attached hydrogen (secondary N) is 1. The van der Waals surface area contributed by atoms with Gasteiger partial charge in [0.05, 0.1) is 19.5 Å². The molecule has 0 spiro atoms. The zero-order valence-corrected chi connectivity index (χ0v) is 21.0. The van der Waals surface area contributed by atoms with E-state index >= 15 is 0 Å². The number of nitrogens with zero attached hydrogens (tertiary/aromatic N) is 3. The molecule has 0 aliphatic heterocycles. The Balaban J connectivity index is 1.23. The van der Waals surface area contributed by atoms with Gasteiger partial charge >= 0.3 is 5.82 Å². The van der Waals surface area contributed by atoms with Crippen LogP contribution < -0.4 is 17.1 Å². The van der Waals surface area contributed by atoms with Gasteiger partial charge < -0.3 is 32.9 Å². The summed E-state index contributed by atoms with van der Waals surface area (Å²) in [5.74, 6) is -0.231. The molecule has 3 N–H and O–H groups in total. The molecule has 5 aromatic rings. The fourth-order valence-electron chi connectivity index (χ4n) is 3.61. The summed E-state index contributed by atoms with van der Waals surface area (Å²) >= 11 is 0. The predicted molar refractivity (Wildman–Crippen MR) is 139 cm³/mol. The molecule has 196 valence electrons. The quantitative estimate of drug-likeness (QED) is 0.178. The van der Waals surface area contributed by atoms with Gasteiger partial charge in [0.1, 0.15) is 13.0 Å². The maximum Gasteiger partial charge on any atom is 0.519 e. The molecule has 0 bridgehead atoms. The van der Waals surface area contributed by atoms with E-state index in [1.54, 1.807) is 4.57 Å². The van der Waals surface area contributed by atoms with Crippen molar-refractivity contribution in [2.24, 2.45) is 0 Å². The Morgan fingerprint density at radius 3 is 2.50 bits per heavy atom. The van der Waals surface area contributed by atoms with Crippen LogP contribution in [0.1, 0.15) is 11.3 Å². The van der Waals surface area contributed by atoms with Crippen molar-refractivity contribution in [2.75, 3.05) is 18.7 Å². The normalized spacial score (nSPS) is 12.2. The van der Waals surface area contributed by atoms with Gasteiger partial charge in [0, 0.05) is 12.1 Å². The Morgan fingerprint density at radius 2 is 1.71 bits per heavy atom. The number of aromatic amines is 1. The van der Waals surface area contributed by atoms with E-state index in [1.165, 1.54) is 6.33 Å². The highest BCUT2D eigenvalue weighted by atomic mass is 31.2. The van der Waals surface area contributed by atoms with E-state index in [-0.39, 0.29) is 36.8 Å². The van der Waals surface area contributed by atoms with Crippen LogP contribution >= 0.6 is 8.38 Å². The first-order valence-corrected chi connectivity index (χ1v) is 13.0. The first kappa shape index (κ1) is 25.6. The fourth-order valence-corrected chi connectivity index (χ4v) is 4.67. The lowest BCUT2D eigenvalue weighted by Crippen LogP contribution is -2.13. The van der Waals surface area contributed by atoms with Gasteiger partial charge in [-0.25, -0.2) is 9.78 Å². The molecule has 0 amide bonds. The van der Waals surface area contributed by atoms with Gasteiger partial charge in [-0.15, -0.1) is 0 Å². The van der Waals surface area contributed by atoms with Crippen LogP contribution in [0.3, 0.4) is 0 Å². The molecule has 5 rings (SSSR count). The molecule has 1 atom stereocenters. The molecular formula is C25H24N5O7P. The molecule has 0 saturated heterocycles. The summed E-state index contributed by atoms with van der Waals surface area (Å²) in [5, 5.41) is 0. The highest BCUT2D eigenvalue weighted by Crippen LogP contribution is 2.41. The Bertz CT molecular complexity index is 1600. The number of benzene rings is 2. The number of nitrogen functional groups attached to an aromatic ring is 1. The summed E-state index contributed by atoms with van der Waals surface area (Å²) in [4.78, 5) is 34.5. The van der Waals surface area contributed by atoms with E-state index in [1.807, 2.05) is 60.7 Å². The van der Waals surface area contributed by atoms with E-state index in [2.05, 4.69) is 15.0 Å². The molecule has 0 aliphatic rings. The zero-order valence-electron chi connectivity index (χ0n) is 20.1. The minimum absolute atomic E-state index is 0.0113. The third-order valence-electron chi connectivity index (χ3n) is 5.41. The lowest BCUT2D eigenvalue weighted by Gasteiger charge is -2.17. The van der Waals surface area contributed by atoms with Gasteiger partial charge in [0.25, 0.3) is 5.56 Å². The van der Waals surface area contributed by atoms with Crippen LogP contribution in [0.15, 0.2) is 85.4 Å². The van der Waals surface area contributed by atoms with Gasteiger partial charge in [-0.2, -0.15) is 4.98 Å². The van der Waals surface area contributed by atoms with Crippen molar-refractivity contribution >= 4 is 25.5 Å². The molecule has 12 nitrogen and oxygen atoms in total. The van der Waals surface area contributed by atoms with E-state index < -0.39 is 19.8 Å². The number of ether oxygens (including phenoxy) is 1. The summed E-state index contributed by atoms with van der Waals surface area (Å²) in [6.45, 7) is 0.919. The molecule has 0 aliphatic carbocycles. The van der Waals surface area contributed by atoms with Crippen LogP contribution in [0.25, 0.3) is 22.5 Å². The predicted octanol–water partition coefficient (Wildman–Crippen LogP) is 3.63. The lowest BCUT2D eigenvalue weighted by molar-refractivity contribution is 0.136. The van der Waals surface area contributed by atoms with Crippen molar-refractivity contribution in [1.82, 2.24) is 19.5 Å². The second-order valence-corrected chi connectivity index (χ2v) is 9.48. The standard InChI is InChI=1S/C25H24N5O7P/c26-24-28-22-20(23(31)29-24)27-15-30(22)11-12-33-16-38(34-13-17-7-3-1-4-8-17)35-14-19-21(37-25(32)36-19)18-9-5-2-6-10-18/h1-10,15H,11-14,16H2,(H3,26,28,29,31). The van der Waals surface area contributed by atoms with E-state index in [4.69, 9.17) is 28.4 Å². The van der Waals surface area contributed by atoms with Gasteiger partial charge in [-0.3, -0.25) is 9.78 Å². The number of nitrogens with two attached hydrogens (primary N) is 1. The lowest BCUT2D eigenvalue weighted by atomic mass is 10.1. The minimum Gasteiger partial charge on any atom is -0.393 e. The van der Waals surface area contributed by atoms with Gasteiger partial charge in [0.15, 0.2) is 31.1 Å². The van der Waals surface area contributed by atoms with Crippen LogP contribution in [0.2, 0.25) is 0 Å². The Kier molecular flexibility index (Phi) is 8.05. The van der Waals surface area contributed by atoms with Crippen molar-refractivity contribution in [3.8, 4) is 11.3 Å². The Labute approximate surface area is 216 Å². The van der Waals surface area contributed by atoms with Gasteiger partial charge in [-0.1, -0.05) is 60.7 Å². The fraction of sp³-hybridized carbons (Fsp3) is 0.200. The summed E-state index contributed by atoms with van der Waals surface area (Å²) in [6.07, 6.45) is 1.65. The first-order chi connectivity index (χ1) is 18.6. The highest BCUT2D eigenvalue weighted by Gasteiger charge is 2.19. The molecule has 3 aromatic heterocycles. The molecule has 38 heavy (non-hydrogen) atoms. The monoisotopic (exact) mass is 537 g/mol. The van der Waals surface area contributed by atoms with Crippen molar-refractivity contribution in [2.45, 2.75) is 19.8 Å². The van der Waals surface area contributed by atoms with Crippen molar-refractivity contribution in [1.29, 1.82) is 0 Å². The average molecular weight is 537 g/mol. The molecule has 13 heteroatoms. The smallest absolute Gasteiger partial charge is 0.393 e. The first-order valence-electron chi connectivity index (χ1n) is 11.6. The number of aromatic nitrogens is 4. The number of hydrogen-bond donors (Lipinski definition) is 2.